The van der Waals surface area contributed by atoms with Crippen molar-refractivity contribution in [3.8, 4) is 12.3 Å². The molecule has 17 heavy (non-hydrogen) atoms. The summed E-state index contributed by atoms with van der Waals surface area (Å²) in [6, 6.07) is 0.127. The summed E-state index contributed by atoms with van der Waals surface area (Å²) in [5.74, 6) is 3.27. The predicted molar refractivity (Wildman–Crippen MR) is 72.4 cm³/mol. The van der Waals surface area contributed by atoms with Crippen LogP contribution in [0.3, 0.4) is 0 Å². The minimum Gasteiger partial charge on any atom is -0.352 e. The van der Waals surface area contributed by atoms with Crippen LogP contribution in [0.25, 0.3) is 0 Å². The standard InChI is InChI=1S/C14H26N2O/c1-4-7-13(6-3)16-14(17)9-8-12(5-2)10-11-15/h1,12-13H,5-11,15H2,2-3H3,(H,16,17). The van der Waals surface area contributed by atoms with E-state index in [0.717, 1.165) is 25.7 Å². The van der Waals surface area contributed by atoms with Gasteiger partial charge in [0.2, 0.25) is 5.91 Å². The molecule has 0 bridgehead atoms. The van der Waals surface area contributed by atoms with Crippen molar-refractivity contribution >= 4 is 5.91 Å². The Morgan fingerprint density at radius 3 is 2.53 bits per heavy atom. The molecule has 2 atom stereocenters. The van der Waals surface area contributed by atoms with Gasteiger partial charge in [-0.1, -0.05) is 20.3 Å². The summed E-state index contributed by atoms with van der Waals surface area (Å²) in [6.45, 7) is 4.88. The monoisotopic (exact) mass is 238 g/mol. The van der Waals surface area contributed by atoms with E-state index >= 15 is 0 Å². The smallest absolute Gasteiger partial charge is 0.220 e. The van der Waals surface area contributed by atoms with E-state index in [1.54, 1.807) is 0 Å². The molecule has 0 radical (unpaired) electrons. The Morgan fingerprint density at radius 2 is 2.06 bits per heavy atom. The van der Waals surface area contributed by atoms with Gasteiger partial charge in [0.1, 0.15) is 0 Å². The highest BCUT2D eigenvalue weighted by atomic mass is 16.1. The van der Waals surface area contributed by atoms with Gasteiger partial charge in [0.15, 0.2) is 0 Å². The van der Waals surface area contributed by atoms with E-state index in [2.05, 4.69) is 18.2 Å². The van der Waals surface area contributed by atoms with Gasteiger partial charge in [-0.25, -0.2) is 0 Å². The number of amides is 1. The summed E-state index contributed by atoms with van der Waals surface area (Å²) in [7, 11) is 0. The zero-order valence-corrected chi connectivity index (χ0v) is 11.2. The molecule has 3 N–H and O–H groups in total. The highest BCUT2D eigenvalue weighted by Crippen LogP contribution is 2.14. The first-order chi connectivity index (χ1) is 8.17. The molecule has 0 spiro atoms. The number of hydrogen-bond acceptors (Lipinski definition) is 2. The van der Waals surface area contributed by atoms with Crippen LogP contribution < -0.4 is 11.1 Å². The number of hydrogen-bond donors (Lipinski definition) is 2. The average Bonchev–Trinajstić information content (AvgIpc) is 2.33. The lowest BCUT2D eigenvalue weighted by atomic mass is 9.96. The summed E-state index contributed by atoms with van der Waals surface area (Å²) in [6.07, 6.45) is 10.3. The van der Waals surface area contributed by atoms with E-state index < -0.39 is 0 Å². The Balaban J connectivity index is 3.88. The molecule has 0 aromatic rings. The minimum absolute atomic E-state index is 0.113. The second kappa shape index (κ2) is 10.2. The quantitative estimate of drug-likeness (QED) is 0.604. The van der Waals surface area contributed by atoms with Crippen LogP contribution >= 0.6 is 0 Å². The zero-order chi connectivity index (χ0) is 13.1. The van der Waals surface area contributed by atoms with E-state index in [4.69, 9.17) is 12.2 Å². The Kier molecular flexibility index (Phi) is 9.56. The van der Waals surface area contributed by atoms with Crippen molar-refractivity contribution in [1.29, 1.82) is 0 Å². The second-order valence-corrected chi connectivity index (χ2v) is 4.47. The van der Waals surface area contributed by atoms with E-state index in [9.17, 15) is 4.79 Å². The van der Waals surface area contributed by atoms with Crippen molar-refractivity contribution in [3.63, 3.8) is 0 Å². The summed E-state index contributed by atoms with van der Waals surface area (Å²) in [5, 5.41) is 2.98. The topological polar surface area (TPSA) is 55.1 Å². The summed E-state index contributed by atoms with van der Waals surface area (Å²) < 4.78 is 0. The van der Waals surface area contributed by atoms with Gasteiger partial charge >= 0.3 is 0 Å². The number of carbonyl (C=O) groups is 1. The molecule has 0 saturated carbocycles. The van der Waals surface area contributed by atoms with Crippen LogP contribution in [0.1, 0.15) is 52.4 Å². The highest BCUT2D eigenvalue weighted by Gasteiger charge is 2.12. The lowest BCUT2D eigenvalue weighted by molar-refractivity contribution is -0.122. The van der Waals surface area contributed by atoms with Crippen LogP contribution in [-0.4, -0.2) is 18.5 Å². The van der Waals surface area contributed by atoms with Crippen LogP contribution in [0.4, 0.5) is 0 Å². The third-order valence-corrected chi connectivity index (χ3v) is 3.15. The molecule has 1 amide bonds. The van der Waals surface area contributed by atoms with Crippen LogP contribution in [0, 0.1) is 18.3 Å². The number of carbonyl (C=O) groups excluding carboxylic acids is 1. The van der Waals surface area contributed by atoms with Crippen molar-refractivity contribution in [2.45, 2.75) is 58.4 Å². The number of rotatable bonds is 9. The molecule has 0 aromatic carbocycles. The molecule has 0 heterocycles. The average molecular weight is 238 g/mol. The molecule has 98 valence electrons. The van der Waals surface area contributed by atoms with Gasteiger partial charge in [-0.05, 0) is 31.7 Å². The van der Waals surface area contributed by atoms with Gasteiger partial charge in [-0.3, -0.25) is 4.79 Å². The normalized spacial score (nSPS) is 13.8. The van der Waals surface area contributed by atoms with Crippen LogP contribution in [0.15, 0.2) is 0 Å². The maximum Gasteiger partial charge on any atom is 0.220 e. The summed E-state index contributed by atoms with van der Waals surface area (Å²) in [4.78, 5) is 11.7. The molecule has 0 saturated heterocycles. The maximum absolute atomic E-state index is 11.7. The summed E-state index contributed by atoms with van der Waals surface area (Å²) in [5.41, 5.74) is 5.53. The molecule has 3 nitrogen and oxygen atoms in total. The van der Waals surface area contributed by atoms with Crippen molar-refractivity contribution < 1.29 is 4.79 Å². The van der Waals surface area contributed by atoms with Crippen LogP contribution in [0.5, 0.6) is 0 Å². The number of nitrogens with two attached hydrogens (primary N) is 1. The van der Waals surface area contributed by atoms with Crippen LogP contribution in [0.2, 0.25) is 0 Å². The first-order valence-electron chi connectivity index (χ1n) is 6.60. The fraction of sp³-hybridized carbons (Fsp3) is 0.786. The van der Waals surface area contributed by atoms with Gasteiger partial charge in [-0.15, -0.1) is 12.3 Å². The lowest BCUT2D eigenvalue weighted by Crippen LogP contribution is -2.34. The van der Waals surface area contributed by atoms with Crippen LogP contribution in [-0.2, 0) is 4.79 Å². The molecule has 0 aliphatic rings. The number of terminal acetylenes is 1. The maximum atomic E-state index is 11.7. The Bertz CT molecular complexity index is 245. The Morgan fingerprint density at radius 1 is 1.35 bits per heavy atom. The molecule has 0 rings (SSSR count). The van der Waals surface area contributed by atoms with Crippen molar-refractivity contribution in [3.05, 3.63) is 0 Å². The molecule has 2 unspecified atom stereocenters. The van der Waals surface area contributed by atoms with Crippen molar-refractivity contribution in [1.82, 2.24) is 5.32 Å². The third kappa shape index (κ3) is 7.82. The van der Waals surface area contributed by atoms with Gasteiger partial charge in [-0.2, -0.15) is 0 Å². The molecular formula is C14H26N2O. The minimum atomic E-state index is 0.113. The SMILES string of the molecule is C#CCC(CC)NC(=O)CCC(CC)CCN. The Hall–Kier alpha value is -1.01. The largest absolute Gasteiger partial charge is 0.352 e. The van der Waals surface area contributed by atoms with Gasteiger partial charge < -0.3 is 11.1 Å². The van der Waals surface area contributed by atoms with Crippen molar-refractivity contribution in [2.24, 2.45) is 11.7 Å². The number of nitrogens with one attached hydrogen (secondary N) is 1. The molecule has 0 aromatic heterocycles. The lowest BCUT2D eigenvalue weighted by Gasteiger charge is -2.16. The molecule has 0 fully saturated rings. The van der Waals surface area contributed by atoms with E-state index in [0.29, 0.717) is 25.3 Å². The fourth-order valence-electron chi connectivity index (χ4n) is 1.86. The summed E-state index contributed by atoms with van der Waals surface area (Å²) >= 11 is 0. The van der Waals surface area contributed by atoms with E-state index in [1.807, 2.05) is 6.92 Å². The van der Waals surface area contributed by atoms with Crippen molar-refractivity contribution in [2.75, 3.05) is 6.54 Å². The highest BCUT2D eigenvalue weighted by molar-refractivity contribution is 5.76. The van der Waals surface area contributed by atoms with E-state index in [-0.39, 0.29) is 11.9 Å². The molecule has 3 heteroatoms. The predicted octanol–water partition coefficient (Wildman–Crippen LogP) is 2.06. The zero-order valence-electron chi connectivity index (χ0n) is 11.2. The van der Waals surface area contributed by atoms with Gasteiger partial charge in [0, 0.05) is 18.9 Å². The second-order valence-electron chi connectivity index (χ2n) is 4.47. The molecule has 0 aliphatic heterocycles. The van der Waals surface area contributed by atoms with E-state index in [1.165, 1.54) is 0 Å². The molecular weight excluding hydrogens is 212 g/mol. The third-order valence-electron chi connectivity index (χ3n) is 3.15. The molecule has 0 aliphatic carbocycles. The Labute approximate surface area is 106 Å². The first-order valence-corrected chi connectivity index (χ1v) is 6.60. The van der Waals surface area contributed by atoms with Gasteiger partial charge in [0.25, 0.3) is 0 Å². The fourth-order valence-corrected chi connectivity index (χ4v) is 1.86. The first kappa shape index (κ1) is 16.0. The van der Waals surface area contributed by atoms with Gasteiger partial charge in [0.05, 0.1) is 0 Å².